The molecule has 1 atom stereocenters. The number of aliphatic imine (C=N–C) groups is 1. The Hall–Kier alpha value is -1.99. The summed E-state index contributed by atoms with van der Waals surface area (Å²) in [5, 5.41) is 6.67. The predicted molar refractivity (Wildman–Crippen MR) is 101 cm³/mol. The molecule has 1 unspecified atom stereocenters. The maximum Gasteiger partial charge on any atom is 0.195 e. The fraction of sp³-hybridized carbons (Fsp3) is 0.611. The first-order chi connectivity index (χ1) is 12.2. The number of nitrogens with zero attached hydrogens (tertiary/aromatic N) is 2. The van der Waals surface area contributed by atoms with Crippen molar-refractivity contribution in [3.05, 3.63) is 18.2 Å². The van der Waals surface area contributed by atoms with E-state index in [1.54, 1.807) is 21.3 Å². The highest BCUT2D eigenvalue weighted by Crippen LogP contribution is 2.29. The highest BCUT2D eigenvalue weighted by molar-refractivity contribution is 5.93. The van der Waals surface area contributed by atoms with Crippen molar-refractivity contribution in [1.82, 2.24) is 10.2 Å². The van der Waals surface area contributed by atoms with Crippen LogP contribution in [0.3, 0.4) is 0 Å². The summed E-state index contributed by atoms with van der Waals surface area (Å²) in [7, 11) is 5.02. The van der Waals surface area contributed by atoms with Gasteiger partial charge < -0.3 is 24.8 Å². The van der Waals surface area contributed by atoms with Gasteiger partial charge in [-0.05, 0) is 18.1 Å². The van der Waals surface area contributed by atoms with Crippen molar-refractivity contribution >= 4 is 11.6 Å². The predicted octanol–water partition coefficient (Wildman–Crippen LogP) is 1.66. The molecule has 0 aromatic heterocycles. The molecule has 25 heavy (non-hydrogen) atoms. The van der Waals surface area contributed by atoms with Gasteiger partial charge in [0.2, 0.25) is 0 Å². The number of rotatable bonds is 7. The van der Waals surface area contributed by atoms with E-state index in [-0.39, 0.29) is 0 Å². The van der Waals surface area contributed by atoms with Gasteiger partial charge in [-0.15, -0.1) is 0 Å². The zero-order valence-corrected chi connectivity index (χ0v) is 15.7. The number of nitrogens with one attached hydrogen (secondary N) is 2. The van der Waals surface area contributed by atoms with E-state index in [9.17, 15) is 0 Å². The van der Waals surface area contributed by atoms with Crippen LogP contribution in [0.1, 0.15) is 6.92 Å². The van der Waals surface area contributed by atoms with Gasteiger partial charge in [-0.2, -0.15) is 0 Å². The van der Waals surface area contributed by atoms with E-state index in [0.717, 1.165) is 51.0 Å². The standard InChI is InChI=1S/C18H30N4O3/c1-14(13-22-7-9-25-10-8-22)12-20-18(19-2)21-15-5-6-16(23-3)17(11-15)24-4/h5-6,11,14H,7-10,12-13H2,1-4H3,(H2,19,20,21). The molecule has 0 aliphatic carbocycles. The lowest BCUT2D eigenvalue weighted by Gasteiger charge is -2.29. The normalized spacial score (nSPS) is 17.0. The quantitative estimate of drug-likeness (QED) is 0.576. The number of methoxy groups -OCH3 is 2. The molecule has 7 heteroatoms. The fourth-order valence-electron chi connectivity index (χ4n) is 2.79. The monoisotopic (exact) mass is 350 g/mol. The lowest BCUT2D eigenvalue weighted by molar-refractivity contribution is 0.0320. The summed E-state index contributed by atoms with van der Waals surface area (Å²) in [6, 6.07) is 5.70. The van der Waals surface area contributed by atoms with Crippen LogP contribution in [0.25, 0.3) is 0 Å². The van der Waals surface area contributed by atoms with Gasteiger partial charge in [0, 0.05) is 45.0 Å². The Morgan fingerprint density at radius 2 is 1.96 bits per heavy atom. The van der Waals surface area contributed by atoms with E-state index >= 15 is 0 Å². The molecular weight excluding hydrogens is 320 g/mol. The molecule has 1 aromatic carbocycles. The molecule has 7 nitrogen and oxygen atoms in total. The zero-order valence-electron chi connectivity index (χ0n) is 15.7. The molecule has 0 spiro atoms. The first-order valence-electron chi connectivity index (χ1n) is 8.66. The molecule has 2 rings (SSSR count). The highest BCUT2D eigenvalue weighted by atomic mass is 16.5. The average Bonchev–Trinajstić information content (AvgIpc) is 2.65. The van der Waals surface area contributed by atoms with Crippen molar-refractivity contribution in [3.8, 4) is 11.5 Å². The second-order valence-corrected chi connectivity index (χ2v) is 6.17. The Morgan fingerprint density at radius 3 is 2.60 bits per heavy atom. The minimum atomic E-state index is 0.516. The highest BCUT2D eigenvalue weighted by Gasteiger charge is 2.14. The van der Waals surface area contributed by atoms with Gasteiger partial charge >= 0.3 is 0 Å². The van der Waals surface area contributed by atoms with Crippen molar-refractivity contribution in [2.75, 3.05) is 66.0 Å². The van der Waals surface area contributed by atoms with Crippen LogP contribution < -0.4 is 20.1 Å². The third-order valence-corrected chi connectivity index (χ3v) is 4.16. The Balaban J connectivity index is 1.83. The maximum absolute atomic E-state index is 5.39. The van der Waals surface area contributed by atoms with E-state index in [1.165, 1.54) is 0 Å². The van der Waals surface area contributed by atoms with Crippen molar-refractivity contribution in [2.24, 2.45) is 10.9 Å². The summed E-state index contributed by atoms with van der Waals surface area (Å²) in [5.41, 5.74) is 0.895. The van der Waals surface area contributed by atoms with Crippen molar-refractivity contribution in [1.29, 1.82) is 0 Å². The van der Waals surface area contributed by atoms with E-state index in [4.69, 9.17) is 14.2 Å². The molecule has 1 heterocycles. The second kappa shape index (κ2) is 10.1. The molecule has 0 amide bonds. The Labute approximate surface area is 150 Å². The summed E-state index contributed by atoms with van der Waals surface area (Å²) >= 11 is 0. The van der Waals surface area contributed by atoms with Gasteiger partial charge in [-0.3, -0.25) is 9.89 Å². The summed E-state index contributed by atoms with van der Waals surface area (Å²) in [4.78, 5) is 6.73. The van der Waals surface area contributed by atoms with Crippen molar-refractivity contribution < 1.29 is 14.2 Å². The summed E-state index contributed by atoms with van der Waals surface area (Å²) < 4.78 is 16.0. The maximum atomic E-state index is 5.39. The largest absolute Gasteiger partial charge is 0.493 e. The second-order valence-electron chi connectivity index (χ2n) is 6.17. The van der Waals surface area contributed by atoms with E-state index in [1.807, 2.05) is 18.2 Å². The fourth-order valence-corrected chi connectivity index (χ4v) is 2.79. The SMILES string of the molecule is CN=C(NCC(C)CN1CCOCC1)Nc1ccc(OC)c(OC)c1. The molecule has 0 saturated carbocycles. The van der Waals surface area contributed by atoms with Crippen molar-refractivity contribution in [2.45, 2.75) is 6.92 Å². The van der Waals surface area contributed by atoms with E-state index in [2.05, 4.69) is 27.4 Å². The van der Waals surface area contributed by atoms with Gasteiger partial charge in [0.25, 0.3) is 0 Å². The molecule has 0 bridgehead atoms. The van der Waals surface area contributed by atoms with Crippen molar-refractivity contribution in [3.63, 3.8) is 0 Å². The smallest absolute Gasteiger partial charge is 0.195 e. The summed E-state index contributed by atoms with van der Waals surface area (Å²) in [6.45, 7) is 7.86. The molecule has 1 saturated heterocycles. The van der Waals surface area contributed by atoms with Crippen LogP contribution in [0.4, 0.5) is 5.69 Å². The lowest BCUT2D eigenvalue weighted by atomic mass is 10.1. The molecule has 2 N–H and O–H groups in total. The van der Waals surface area contributed by atoms with Crippen LogP contribution in [0, 0.1) is 5.92 Å². The summed E-state index contributed by atoms with van der Waals surface area (Å²) in [6.07, 6.45) is 0. The molecule has 140 valence electrons. The number of anilines is 1. The average molecular weight is 350 g/mol. The molecular formula is C18H30N4O3. The topological polar surface area (TPSA) is 67.4 Å². The number of guanidine groups is 1. The van der Waals surface area contributed by atoms with Crippen LogP contribution in [0.2, 0.25) is 0 Å². The zero-order chi connectivity index (χ0) is 18.1. The van der Waals surface area contributed by atoms with Gasteiger partial charge in [-0.25, -0.2) is 0 Å². The van der Waals surface area contributed by atoms with Crippen LogP contribution in [-0.4, -0.2) is 71.5 Å². The van der Waals surface area contributed by atoms with Gasteiger partial charge in [0.1, 0.15) is 0 Å². The molecule has 1 aliphatic heterocycles. The number of hydrogen-bond donors (Lipinski definition) is 2. The van der Waals surface area contributed by atoms with Gasteiger partial charge in [-0.1, -0.05) is 6.92 Å². The first-order valence-corrected chi connectivity index (χ1v) is 8.66. The molecule has 1 fully saturated rings. The number of benzene rings is 1. The minimum Gasteiger partial charge on any atom is -0.493 e. The van der Waals surface area contributed by atoms with E-state index in [0.29, 0.717) is 17.4 Å². The lowest BCUT2D eigenvalue weighted by Crippen LogP contribution is -2.42. The number of ether oxygens (including phenoxy) is 3. The molecule has 1 aromatic rings. The Bertz CT molecular complexity index is 559. The minimum absolute atomic E-state index is 0.516. The van der Waals surface area contributed by atoms with Crippen LogP contribution in [-0.2, 0) is 4.74 Å². The van der Waals surface area contributed by atoms with Crippen LogP contribution in [0.15, 0.2) is 23.2 Å². The summed E-state index contributed by atoms with van der Waals surface area (Å²) in [5.74, 6) is 2.64. The van der Waals surface area contributed by atoms with E-state index < -0.39 is 0 Å². The Morgan fingerprint density at radius 1 is 1.24 bits per heavy atom. The van der Waals surface area contributed by atoms with Gasteiger partial charge in [0.05, 0.1) is 27.4 Å². The van der Waals surface area contributed by atoms with Crippen LogP contribution >= 0.6 is 0 Å². The molecule has 1 aliphatic rings. The first kappa shape index (κ1) is 19.3. The number of morpholine rings is 1. The third-order valence-electron chi connectivity index (χ3n) is 4.16. The van der Waals surface area contributed by atoms with Gasteiger partial charge in [0.15, 0.2) is 17.5 Å². The third kappa shape index (κ3) is 6.10. The van der Waals surface area contributed by atoms with Crippen LogP contribution in [0.5, 0.6) is 11.5 Å². The molecule has 0 radical (unpaired) electrons. The number of hydrogen-bond acceptors (Lipinski definition) is 5. The Kier molecular flexibility index (Phi) is 7.81.